The van der Waals surface area contributed by atoms with E-state index in [-0.39, 0.29) is 29.5 Å². The molecule has 1 aromatic rings. The summed E-state index contributed by atoms with van der Waals surface area (Å²) in [6, 6.07) is 3.42. The molecule has 0 aliphatic carbocycles. The molecule has 114 valence electrons. The molecule has 0 bridgehead atoms. The van der Waals surface area contributed by atoms with Crippen molar-refractivity contribution in [2.45, 2.75) is 32.7 Å². The van der Waals surface area contributed by atoms with E-state index in [0.717, 1.165) is 12.8 Å². The molecule has 0 radical (unpaired) electrons. The van der Waals surface area contributed by atoms with Crippen LogP contribution < -0.4 is 11.1 Å². The first-order chi connectivity index (χ1) is 9.99. The number of rotatable bonds is 3. The maximum absolute atomic E-state index is 12.1. The normalized spacial score (nSPS) is 16.0. The van der Waals surface area contributed by atoms with Crippen molar-refractivity contribution in [3.05, 3.63) is 24.0 Å². The third kappa shape index (κ3) is 3.71. The second-order valence-corrected chi connectivity index (χ2v) is 5.67. The number of carbonyl (C=O) groups excluding carboxylic acids is 2. The van der Waals surface area contributed by atoms with Gasteiger partial charge in [0.25, 0.3) is 5.91 Å². The Hall–Kier alpha value is -2.11. The second-order valence-electron chi connectivity index (χ2n) is 5.67. The lowest BCUT2D eigenvalue weighted by atomic mass is 10.0. The number of hydrogen-bond acceptors (Lipinski definition) is 4. The predicted molar refractivity (Wildman–Crippen MR) is 80.6 cm³/mol. The summed E-state index contributed by atoms with van der Waals surface area (Å²) in [5.74, 6) is -0.0556. The van der Waals surface area contributed by atoms with Gasteiger partial charge in [0.2, 0.25) is 5.91 Å². The van der Waals surface area contributed by atoms with Crippen LogP contribution in [0.5, 0.6) is 0 Å². The molecule has 2 heterocycles. The number of nitrogens with one attached hydrogen (secondary N) is 1. The third-order valence-electron chi connectivity index (χ3n) is 3.69. The second kappa shape index (κ2) is 6.56. The number of nitrogen functional groups attached to an aromatic ring is 1. The van der Waals surface area contributed by atoms with Crippen molar-refractivity contribution in [2.24, 2.45) is 5.92 Å². The van der Waals surface area contributed by atoms with Gasteiger partial charge >= 0.3 is 0 Å². The molecule has 1 saturated heterocycles. The summed E-state index contributed by atoms with van der Waals surface area (Å²) in [5.41, 5.74) is 6.38. The maximum atomic E-state index is 12.1. The van der Waals surface area contributed by atoms with Gasteiger partial charge in [0.1, 0.15) is 0 Å². The van der Waals surface area contributed by atoms with Crippen LogP contribution in [-0.4, -0.2) is 40.8 Å². The SMILES string of the molecule is CC(C)C(=O)N1CCC(NC(=O)c2ncccc2N)CC1. The molecule has 1 aliphatic rings. The van der Waals surface area contributed by atoms with Crippen LogP contribution in [0.1, 0.15) is 37.2 Å². The molecule has 6 heteroatoms. The number of piperidine rings is 1. The van der Waals surface area contributed by atoms with Crippen molar-refractivity contribution in [1.82, 2.24) is 15.2 Å². The molecule has 2 amide bonds. The van der Waals surface area contributed by atoms with Crippen LogP contribution in [0, 0.1) is 5.92 Å². The summed E-state index contributed by atoms with van der Waals surface area (Å²) >= 11 is 0. The molecule has 1 aliphatic heterocycles. The molecule has 3 N–H and O–H groups in total. The lowest BCUT2D eigenvalue weighted by molar-refractivity contribution is -0.135. The number of amides is 2. The first kappa shape index (κ1) is 15.3. The lowest BCUT2D eigenvalue weighted by Crippen LogP contribution is -2.47. The van der Waals surface area contributed by atoms with Crippen LogP contribution in [0.3, 0.4) is 0 Å². The Morgan fingerprint density at radius 2 is 2.05 bits per heavy atom. The van der Waals surface area contributed by atoms with E-state index < -0.39 is 0 Å². The molecule has 0 atom stereocenters. The van der Waals surface area contributed by atoms with E-state index in [0.29, 0.717) is 18.8 Å². The summed E-state index contributed by atoms with van der Waals surface area (Å²) in [5, 5.41) is 2.95. The van der Waals surface area contributed by atoms with E-state index in [1.54, 1.807) is 18.3 Å². The highest BCUT2D eigenvalue weighted by molar-refractivity contribution is 5.97. The van der Waals surface area contributed by atoms with Gasteiger partial charge in [0.15, 0.2) is 5.69 Å². The predicted octanol–water partition coefficient (Wildman–Crippen LogP) is 1.04. The third-order valence-corrected chi connectivity index (χ3v) is 3.69. The Balaban J connectivity index is 1.88. The highest BCUT2D eigenvalue weighted by Gasteiger charge is 2.25. The van der Waals surface area contributed by atoms with Crippen molar-refractivity contribution < 1.29 is 9.59 Å². The minimum atomic E-state index is -0.248. The topological polar surface area (TPSA) is 88.3 Å². The number of hydrogen-bond donors (Lipinski definition) is 2. The molecular formula is C15H22N4O2. The Bertz CT molecular complexity index is 522. The number of pyridine rings is 1. The average molecular weight is 290 g/mol. The smallest absolute Gasteiger partial charge is 0.272 e. The van der Waals surface area contributed by atoms with Crippen LogP contribution in [0.4, 0.5) is 5.69 Å². The first-order valence-corrected chi connectivity index (χ1v) is 7.29. The highest BCUT2D eigenvalue weighted by atomic mass is 16.2. The van der Waals surface area contributed by atoms with E-state index >= 15 is 0 Å². The molecule has 0 aromatic carbocycles. The Kier molecular flexibility index (Phi) is 4.77. The molecule has 21 heavy (non-hydrogen) atoms. The summed E-state index contributed by atoms with van der Waals surface area (Å²) in [6.07, 6.45) is 3.07. The molecule has 1 aromatic heterocycles. The zero-order valence-electron chi connectivity index (χ0n) is 12.5. The number of likely N-dealkylation sites (tertiary alicyclic amines) is 1. The summed E-state index contributed by atoms with van der Waals surface area (Å²) in [7, 11) is 0. The van der Waals surface area contributed by atoms with E-state index in [2.05, 4.69) is 10.3 Å². The van der Waals surface area contributed by atoms with Gasteiger partial charge in [-0.05, 0) is 25.0 Å². The van der Waals surface area contributed by atoms with Gasteiger partial charge in [-0.2, -0.15) is 0 Å². The van der Waals surface area contributed by atoms with Gasteiger partial charge in [0, 0.05) is 31.2 Å². The Labute approximate surface area is 124 Å². The van der Waals surface area contributed by atoms with Crippen molar-refractivity contribution in [3.8, 4) is 0 Å². The lowest BCUT2D eigenvalue weighted by Gasteiger charge is -2.33. The van der Waals surface area contributed by atoms with Crippen molar-refractivity contribution in [3.63, 3.8) is 0 Å². The zero-order chi connectivity index (χ0) is 15.4. The van der Waals surface area contributed by atoms with Crippen molar-refractivity contribution in [1.29, 1.82) is 0 Å². The maximum Gasteiger partial charge on any atom is 0.272 e. The largest absolute Gasteiger partial charge is 0.397 e. The van der Waals surface area contributed by atoms with Gasteiger partial charge in [-0.3, -0.25) is 9.59 Å². The standard InChI is InChI=1S/C15H22N4O2/c1-10(2)15(21)19-8-5-11(6-9-19)18-14(20)13-12(16)4-3-7-17-13/h3-4,7,10-11H,5-6,8-9,16H2,1-2H3,(H,18,20). The molecule has 0 unspecified atom stereocenters. The van der Waals surface area contributed by atoms with Gasteiger partial charge in [-0.1, -0.05) is 13.8 Å². The summed E-state index contributed by atoms with van der Waals surface area (Å²) < 4.78 is 0. The molecule has 6 nitrogen and oxygen atoms in total. The molecule has 0 saturated carbocycles. The molecule has 1 fully saturated rings. The quantitative estimate of drug-likeness (QED) is 0.870. The van der Waals surface area contributed by atoms with E-state index in [1.165, 1.54) is 0 Å². The summed E-state index contributed by atoms with van der Waals surface area (Å²) in [4.78, 5) is 29.9. The fraction of sp³-hybridized carbons (Fsp3) is 0.533. The minimum absolute atomic E-state index is 0.0180. The molecule has 0 spiro atoms. The number of anilines is 1. The highest BCUT2D eigenvalue weighted by Crippen LogP contribution is 2.14. The van der Waals surface area contributed by atoms with Crippen LogP contribution in [0.25, 0.3) is 0 Å². The minimum Gasteiger partial charge on any atom is -0.397 e. The Morgan fingerprint density at radius 1 is 1.38 bits per heavy atom. The van der Waals surface area contributed by atoms with E-state index in [1.807, 2.05) is 18.7 Å². The van der Waals surface area contributed by atoms with Crippen LogP contribution in [-0.2, 0) is 4.79 Å². The van der Waals surface area contributed by atoms with Gasteiger partial charge in [-0.15, -0.1) is 0 Å². The molecule has 2 rings (SSSR count). The number of nitrogens with zero attached hydrogens (tertiary/aromatic N) is 2. The fourth-order valence-electron chi connectivity index (χ4n) is 2.47. The van der Waals surface area contributed by atoms with Gasteiger partial charge < -0.3 is 16.0 Å². The van der Waals surface area contributed by atoms with E-state index in [4.69, 9.17) is 5.73 Å². The molecular weight excluding hydrogens is 268 g/mol. The van der Waals surface area contributed by atoms with Gasteiger partial charge in [0.05, 0.1) is 5.69 Å². The first-order valence-electron chi connectivity index (χ1n) is 7.29. The number of carbonyl (C=O) groups is 2. The van der Waals surface area contributed by atoms with Crippen molar-refractivity contribution in [2.75, 3.05) is 18.8 Å². The zero-order valence-corrected chi connectivity index (χ0v) is 12.5. The summed E-state index contributed by atoms with van der Waals surface area (Å²) in [6.45, 7) is 5.17. The Morgan fingerprint density at radius 3 is 2.62 bits per heavy atom. The van der Waals surface area contributed by atoms with Gasteiger partial charge in [-0.25, -0.2) is 4.98 Å². The number of nitrogens with two attached hydrogens (primary N) is 1. The monoisotopic (exact) mass is 290 g/mol. The fourth-order valence-corrected chi connectivity index (χ4v) is 2.47. The average Bonchev–Trinajstić information content (AvgIpc) is 2.47. The number of aromatic nitrogens is 1. The van der Waals surface area contributed by atoms with Crippen LogP contribution >= 0.6 is 0 Å². The van der Waals surface area contributed by atoms with E-state index in [9.17, 15) is 9.59 Å². The van der Waals surface area contributed by atoms with Crippen LogP contribution in [0.15, 0.2) is 18.3 Å². The van der Waals surface area contributed by atoms with Crippen LogP contribution in [0.2, 0.25) is 0 Å². The van der Waals surface area contributed by atoms with Crippen molar-refractivity contribution >= 4 is 17.5 Å².